The van der Waals surface area contributed by atoms with Crippen molar-refractivity contribution in [2.75, 3.05) is 0 Å². The van der Waals surface area contributed by atoms with E-state index in [9.17, 15) is 13.2 Å². The Morgan fingerprint density at radius 1 is 1.31 bits per heavy atom. The second kappa shape index (κ2) is 3.24. The molecule has 0 N–H and O–H groups in total. The molecular formula is C10H8F3. The molecule has 0 atom stereocenters. The highest BCUT2D eigenvalue weighted by Crippen LogP contribution is 2.32. The van der Waals surface area contributed by atoms with Gasteiger partial charge in [-0.3, -0.25) is 0 Å². The molecule has 0 saturated heterocycles. The van der Waals surface area contributed by atoms with Crippen LogP contribution >= 0.6 is 0 Å². The summed E-state index contributed by atoms with van der Waals surface area (Å²) in [5, 5.41) is 0. The maximum Gasteiger partial charge on any atom is 0.416 e. The number of alkyl halides is 3. The third kappa shape index (κ3) is 2.11. The van der Waals surface area contributed by atoms with Gasteiger partial charge in [0.05, 0.1) is 5.56 Å². The van der Waals surface area contributed by atoms with Crippen molar-refractivity contribution >= 4 is 0 Å². The highest BCUT2D eigenvalue weighted by atomic mass is 19.4. The third-order valence-corrected chi connectivity index (χ3v) is 1.75. The lowest BCUT2D eigenvalue weighted by atomic mass is 10.0. The lowest BCUT2D eigenvalue weighted by Crippen LogP contribution is -2.07. The van der Waals surface area contributed by atoms with Crippen LogP contribution in [0.2, 0.25) is 0 Å². The zero-order chi connectivity index (χ0) is 10.1. The first-order valence-electron chi connectivity index (χ1n) is 3.66. The molecule has 0 spiro atoms. The minimum Gasteiger partial charge on any atom is -0.166 e. The van der Waals surface area contributed by atoms with Gasteiger partial charge < -0.3 is 0 Å². The summed E-state index contributed by atoms with van der Waals surface area (Å²) in [5.41, 5.74) is -0.0504. The number of aryl methyl sites for hydroxylation is 1. The van der Waals surface area contributed by atoms with Crippen LogP contribution in [0.15, 0.2) is 24.8 Å². The summed E-state index contributed by atoms with van der Waals surface area (Å²) in [4.78, 5) is 0. The molecule has 0 saturated carbocycles. The van der Waals surface area contributed by atoms with Crippen molar-refractivity contribution in [2.45, 2.75) is 13.1 Å². The minimum absolute atomic E-state index is 0.214. The second-order valence-electron chi connectivity index (χ2n) is 2.70. The first-order valence-corrected chi connectivity index (χ1v) is 3.66. The largest absolute Gasteiger partial charge is 0.416 e. The Morgan fingerprint density at radius 3 is 2.38 bits per heavy atom. The molecule has 13 heavy (non-hydrogen) atoms. The molecule has 1 aromatic carbocycles. The van der Waals surface area contributed by atoms with Crippen LogP contribution in [0, 0.1) is 13.0 Å². The summed E-state index contributed by atoms with van der Waals surface area (Å²) < 4.78 is 37.0. The summed E-state index contributed by atoms with van der Waals surface area (Å²) in [6.45, 7) is 4.72. The average Bonchev–Trinajstić information content (AvgIpc) is 2.03. The summed E-state index contributed by atoms with van der Waals surface area (Å²) in [7, 11) is 0. The van der Waals surface area contributed by atoms with E-state index in [2.05, 4.69) is 12.7 Å². The number of rotatable bonds is 1. The predicted octanol–water partition coefficient (Wildman–Crippen LogP) is 3.35. The highest BCUT2D eigenvalue weighted by Gasteiger charge is 2.32. The monoisotopic (exact) mass is 185 g/mol. The van der Waals surface area contributed by atoms with E-state index in [-0.39, 0.29) is 5.56 Å². The fraction of sp³-hybridized carbons (Fsp3) is 0.200. The molecule has 0 nitrogen and oxygen atoms in total. The van der Waals surface area contributed by atoms with Gasteiger partial charge >= 0.3 is 6.18 Å². The van der Waals surface area contributed by atoms with Crippen molar-refractivity contribution < 1.29 is 13.2 Å². The smallest absolute Gasteiger partial charge is 0.166 e. The number of hydrogen-bond acceptors (Lipinski definition) is 0. The normalized spacial score (nSPS) is 11.4. The van der Waals surface area contributed by atoms with Crippen LogP contribution in [0.25, 0.3) is 0 Å². The first kappa shape index (κ1) is 9.84. The van der Waals surface area contributed by atoms with Crippen LogP contribution in [0.4, 0.5) is 13.2 Å². The van der Waals surface area contributed by atoms with Gasteiger partial charge in [-0.1, -0.05) is 18.7 Å². The molecule has 1 radical (unpaired) electrons. The van der Waals surface area contributed by atoms with E-state index in [4.69, 9.17) is 0 Å². The van der Waals surface area contributed by atoms with Crippen LogP contribution in [-0.4, -0.2) is 0 Å². The fourth-order valence-corrected chi connectivity index (χ4v) is 1.04. The Labute approximate surface area is 74.7 Å². The Balaban J connectivity index is 3.27. The SMILES string of the molecule is C=[C]c1ccc(C)c(C(F)(F)F)c1. The Bertz CT molecular complexity index is 323. The van der Waals surface area contributed by atoms with E-state index in [1.54, 1.807) is 6.07 Å². The highest BCUT2D eigenvalue weighted by molar-refractivity contribution is 5.35. The van der Waals surface area contributed by atoms with E-state index >= 15 is 0 Å². The van der Waals surface area contributed by atoms with Gasteiger partial charge in [0.2, 0.25) is 0 Å². The molecule has 3 heteroatoms. The summed E-state index contributed by atoms with van der Waals surface area (Å²) >= 11 is 0. The molecule has 0 aromatic heterocycles. The molecule has 0 aliphatic carbocycles. The van der Waals surface area contributed by atoms with E-state index in [0.29, 0.717) is 5.56 Å². The fourth-order valence-electron chi connectivity index (χ4n) is 1.04. The number of hydrogen-bond donors (Lipinski definition) is 0. The van der Waals surface area contributed by atoms with E-state index in [1.165, 1.54) is 13.0 Å². The van der Waals surface area contributed by atoms with Crippen molar-refractivity contribution in [3.05, 3.63) is 47.5 Å². The molecule has 1 aromatic rings. The maximum atomic E-state index is 12.3. The van der Waals surface area contributed by atoms with Crippen molar-refractivity contribution in [1.29, 1.82) is 0 Å². The first-order chi connectivity index (χ1) is 5.95. The third-order valence-electron chi connectivity index (χ3n) is 1.75. The zero-order valence-corrected chi connectivity index (χ0v) is 7.07. The van der Waals surface area contributed by atoms with Crippen LogP contribution in [-0.2, 0) is 6.18 Å². The van der Waals surface area contributed by atoms with E-state index in [0.717, 1.165) is 6.07 Å². The molecule has 0 fully saturated rings. The molecule has 0 heterocycles. The predicted molar refractivity (Wildman–Crippen MR) is 44.2 cm³/mol. The van der Waals surface area contributed by atoms with Crippen LogP contribution < -0.4 is 0 Å². The molecular weight excluding hydrogens is 177 g/mol. The maximum absolute atomic E-state index is 12.3. The van der Waals surface area contributed by atoms with Crippen molar-refractivity contribution in [3.63, 3.8) is 0 Å². The quantitative estimate of drug-likeness (QED) is 0.629. The number of halogens is 3. The summed E-state index contributed by atoms with van der Waals surface area (Å²) in [6.07, 6.45) is -1.88. The van der Waals surface area contributed by atoms with Gasteiger partial charge in [0.1, 0.15) is 0 Å². The van der Waals surface area contributed by atoms with Crippen molar-refractivity contribution in [1.82, 2.24) is 0 Å². The Hall–Kier alpha value is -1.25. The summed E-state index contributed by atoms with van der Waals surface area (Å²) in [6, 6.07) is 4.01. The minimum atomic E-state index is -4.29. The van der Waals surface area contributed by atoms with Crippen molar-refractivity contribution in [2.24, 2.45) is 0 Å². The van der Waals surface area contributed by atoms with Crippen LogP contribution in [0.5, 0.6) is 0 Å². The van der Waals surface area contributed by atoms with Gasteiger partial charge in [-0.25, -0.2) is 0 Å². The molecule has 0 aliphatic rings. The van der Waals surface area contributed by atoms with E-state index in [1.807, 2.05) is 0 Å². The van der Waals surface area contributed by atoms with Gasteiger partial charge in [-0.15, -0.1) is 0 Å². The van der Waals surface area contributed by atoms with Crippen LogP contribution in [0.3, 0.4) is 0 Å². The lowest BCUT2D eigenvalue weighted by molar-refractivity contribution is -0.138. The topological polar surface area (TPSA) is 0 Å². The molecule has 0 bridgehead atoms. The molecule has 1 rings (SSSR count). The molecule has 0 amide bonds. The van der Waals surface area contributed by atoms with Gasteiger partial charge in [0, 0.05) is 0 Å². The second-order valence-corrected chi connectivity index (χ2v) is 2.70. The molecule has 0 aliphatic heterocycles. The number of benzene rings is 1. The Kier molecular flexibility index (Phi) is 2.45. The van der Waals surface area contributed by atoms with Crippen LogP contribution in [0.1, 0.15) is 16.7 Å². The van der Waals surface area contributed by atoms with Crippen molar-refractivity contribution in [3.8, 4) is 0 Å². The van der Waals surface area contributed by atoms with Gasteiger partial charge in [0.15, 0.2) is 0 Å². The molecule has 0 unspecified atom stereocenters. The van der Waals surface area contributed by atoms with Gasteiger partial charge in [0.25, 0.3) is 0 Å². The van der Waals surface area contributed by atoms with Gasteiger partial charge in [-0.05, 0) is 30.2 Å². The molecule has 69 valence electrons. The standard InChI is InChI=1S/C10H8F3/c1-3-8-5-4-7(2)9(6-8)10(11,12)13/h4-6H,1H2,2H3. The van der Waals surface area contributed by atoms with E-state index < -0.39 is 11.7 Å². The zero-order valence-electron chi connectivity index (χ0n) is 7.07. The Morgan fingerprint density at radius 2 is 1.92 bits per heavy atom. The average molecular weight is 185 g/mol. The van der Waals surface area contributed by atoms with Gasteiger partial charge in [-0.2, -0.15) is 13.2 Å². The summed E-state index contributed by atoms with van der Waals surface area (Å²) in [5.74, 6) is 0. The lowest BCUT2D eigenvalue weighted by Gasteiger charge is -2.10.